The highest BCUT2D eigenvalue weighted by atomic mass is 32.1. The largest absolute Gasteiger partial charge is 0.379 e. The van der Waals surface area contributed by atoms with Crippen LogP contribution in [0, 0.1) is 0 Å². The number of rotatable bonds is 8. The average molecular weight is 414 g/mol. The number of hydrogen-bond acceptors (Lipinski definition) is 7. The summed E-state index contributed by atoms with van der Waals surface area (Å²) in [5, 5.41) is 18.9. The van der Waals surface area contributed by atoms with Crippen molar-refractivity contribution in [3.63, 3.8) is 0 Å². The summed E-state index contributed by atoms with van der Waals surface area (Å²) in [5.74, 6) is 0.735. The second-order valence-corrected chi connectivity index (χ2v) is 8.40. The molecule has 0 saturated carbocycles. The second kappa shape index (κ2) is 8.77. The second-order valence-electron chi connectivity index (χ2n) is 7.30. The first-order valence-corrected chi connectivity index (χ1v) is 11.0. The molecule has 0 fully saturated rings. The van der Waals surface area contributed by atoms with E-state index < -0.39 is 0 Å². The van der Waals surface area contributed by atoms with Crippen LogP contribution in [0.5, 0.6) is 0 Å². The number of nitrogens with one attached hydrogen (secondary N) is 3. The molecule has 4 rings (SSSR count). The summed E-state index contributed by atoms with van der Waals surface area (Å²) in [5.41, 5.74) is 1.96. The van der Waals surface area contributed by atoms with E-state index in [9.17, 15) is 4.79 Å². The SMILES string of the molecule is CCCCNC(=O)c1c(NC)sc2c1CC(n1cnnc1NC1C=CC=N1)CC2. The van der Waals surface area contributed by atoms with Crippen molar-refractivity contribution >= 4 is 34.4 Å². The van der Waals surface area contributed by atoms with Crippen LogP contribution in [0.1, 0.15) is 53.0 Å². The molecule has 0 aromatic carbocycles. The summed E-state index contributed by atoms with van der Waals surface area (Å²) in [4.78, 5) is 18.5. The van der Waals surface area contributed by atoms with Crippen LogP contribution in [0.4, 0.5) is 10.9 Å². The molecule has 3 N–H and O–H groups in total. The molecule has 2 unspecified atom stereocenters. The lowest BCUT2D eigenvalue weighted by molar-refractivity contribution is 0.0953. The number of amides is 1. The van der Waals surface area contributed by atoms with Gasteiger partial charge < -0.3 is 16.0 Å². The monoisotopic (exact) mass is 413 g/mol. The highest BCUT2D eigenvalue weighted by Gasteiger charge is 2.30. The van der Waals surface area contributed by atoms with Gasteiger partial charge in [-0.15, -0.1) is 21.5 Å². The lowest BCUT2D eigenvalue weighted by Crippen LogP contribution is -2.27. The number of aryl methyl sites for hydroxylation is 1. The van der Waals surface area contributed by atoms with Gasteiger partial charge >= 0.3 is 0 Å². The van der Waals surface area contributed by atoms with Gasteiger partial charge in [0.15, 0.2) is 0 Å². The summed E-state index contributed by atoms with van der Waals surface area (Å²) in [7, 11) is 1.88. The smallest absolute Gasteiger partial charge is 0.254 e. The summed E-state index contributed by atoms with van der Waals surface area (Å²) in [6.07, 6.45) is 12.1. The van der Waals surface area contributed by atoms with Gasteiger partial charge in [0.1, 0.15) is 17.5 Å². The van der Waals surface area contributed by atoms with E-state index in [0.717, 1.165) is 48.2 Å². The van der Waals surface area contributed by atoms with E-state index in [4.69, 9.17) is 0 Å². The van der Waals surface area contributed by atoms with Gasteiger partial charge in [0.2, 0.25) is 5.95 Å². The molecule has 154 valence electrons. The number of nitrogens with zero attached hydrogens (tertiary/aromatic N) is 4. The minimum absolute atomic E-state index is 0.0217. The first kappa shape index (κ1) is 19.6. The topological polar surface area (TPSA) is 96.2 Å². The average Bonchev–Trinajstić information content (AvgIpc) is 3.47. The van der Waals surface area contributed by atoms with E-state index in [0.29, 0.717) is 12.5 Å². The van der Waals surface area contributed by atoms with E-state index in [1.54, 1.807) is 23.9 Å². The van der Waals surface area contributed by atoms with E-state index >= 15 is 0 Å². The van der Waals surface area contributed by atoms with Crippen LogP contribution < -0.4 is 16.0 Å². The normalized spacial score (nSPS) is 19.9. The maximum atomic E-state index is 12.9. The Hall–Kier alpha value is -2.68. The molecule has 3 heterocycles. The predicted octanol–water partition coefficient (Wildman–Crippen LogP) is 3.02. The van der Waals surface area contributed by atoms with Crippen LogP contribution in [0.2, 0.25) is 0 Å². The van der Waals surface area contributed by atoms with Crippen LogP contribution in [0.15, 0.2) is 23.5 Å². The maximum Gasteiger partial charge on any atom is 0.254 e. The molecule has 0 bridgehead atoms. The first-order valence-electron chi connectivity index (χ1n) is 10.2. The van der Waals surface area contributed by atoms with E-state index in [-0.39, 0.29) is 18.1 Å². The van der Waals surface area contributed by atoms with Gasteiger partial charge in [0.05, 0.1) is 5.56 Å². The number of carbonyl (C=O) groups excluding carboxylic acids is 1. The van der Waals surface area contributed by atoms with Gasteiger partial charge in [-0.2, -0.15) is 0 Å². The van der Waals surface area contributed by atoms with Crippen LogP contribution in [-0.2, 0) is 12.8 Å². The Morgan fingerprint density at radius 3 is 3.07 bits per heavy atom. The molecule has 0 saturated heterocycles. The Kier molecular flexibility index (Phi) is 5.94. The number of aromatic nitrogens is 3. The third kappa shape index (κ3) is 4.05. The number of unbranched alkanes of at least 4 members (excludes halogenated alkanes) is 1. The maximum absolute atomic E-state index is 12.9. The molecule has 0 radical (unpaired) electrons. The molecule has 0 spiro atoms. The fourth-order valence-corrected chi connectivity index (χ4v) is 5.06. The van der Waals surface area contributed by atoms with E-state index in [1.165, 1.54) is 4.88 Å². The number of aliphatic imine (C=N–C) groups is 1. The highest BCUT2D eigenvalue weighted by molar-refractivity contribution is 7.16. The first-order chi connectivity index (χ1) is 14.2. The van der Waals surface area contributed by atoms with Crippen LogP contribution in [0.25, 0.3) is 0 Å². The summed E-state index contributed by atoms with van der Waals surface area (Å²) < 4.78 is 2.08. The van der Waals surface area contributed by atoms with Gasteiger partial charge in [-0.25, -0.2) is 0 Å². The molecule has 1 aliphatic carbocycles. The van der Waals surface area contributed by atoms with Gasteiger partial charge in [0, 0.05) is 30.7 Å². The number of hydrogen-bond donors (Lipinski definition) is 3. The van der Waals surface area contributed by atoms with Crippen LogP contribution in [-0.4, -0.2) is 46.6 Å². The number of fused-ring (bicyclic) bond motifs is 1. The zero-order chi connectivity index (χ0) is 20.2. The van der Waals surface area contributed by atoms with Crippen molar-refractivity contribution in [3.05, 3.63) is 34.5 Å². The van der Waals surface area contributed by atoms with Crippen molar-refractivity contribution in [1.29, 1.82) is 0 Å². The van der Waals surface area contributed by atoms with Gasteiger partial charge in [0.25, 0.3) is 5.91 Å². The number of allylic oxidation sites excluding steroid dienone is 1. The molecule has 1 aliphatic heterocycles. The van der Waals surface area contributed by atoms with Crippen LogP contribution in [0.3, 0.4) is 0 Å². The molecule has 8 nitrogen and oxygen atoms in total. The van der Waals surface area contributed by atoms with Crippen LogP contribution >= 0.6 is 11.3 Å². The molecule has 2 aromatic heterocycles. The molecule has 9 heteroatoms. The number of thiophene rings is 1. The van der Waals surface area contributed by atoms with Gasteiger partial charge in [-0.3, -0.25) is 14.4 Å². The lowest BCUT2D eigenvalue weighted by Gasteiger charge is -2.25. The fourth-order valence-electron chi connectivity index (χ4n) is 3.86. The molecule has 1 amide bonds. The Morgan fingerprint density at radius 1 is 1.41 bits per heavy atom. The fraction of sp³-hybridized carbons (Fsp3) is 0.500. The lowest BCUT2D eigenvalue weighted by atomic mass is 9.91. The van der Waals surface area contributed by atoms with E-state index in [1.807, 2.05) is 19.2 Å². The minimum atomic E-state index is -0.103. The summed E-state index contributed by atoms with van der Waals surface area (Å²) >= 11 is 1.70. The molecular weight excluding hydrogens is 386 g/mol. The Balaban J connectivity index is 1.56. The standard InChI is InChI=1S/C20H27N7OS/c1-3-4-9-23-18(28)17-14-11-13(7-8-15(14)29-19(17)21-2)27-12-24-26-20(27)25-16-6-5-10-22-16/h5-6,10,12-13,16,21H,3-4,7-9,11H2,1-2H3,(H,23,28)(H,25,26). The zero-order valence-electron chi connectivity index (χ0n) is 16.8. The Labute approximate surface area is 174 Å². The number of anilines is 2. The minimum Gasteiger partial charge on any atom is -0.379 e. The van der Waals surface area contributed by atoms with E-state index in [2.05, 4.69) is 42.6 Å². The Bertz CT molecular complexity index is 917. The number of carbonyl (C=O) groups is 1. The quantitative estimate of drug-likeness (QED) is 0.578. The molecule has 2 aliphatic rings. The van der Waals surface area contributed by atoms with Gasteiger partial charge in [-0.05, 0) is 43.4 Å². The third-order valence-corrected chi connectivity index (χ3v) is 6.68. The van der Waals surface area contributed by atoms with Crippen molar-refractivity contribution in [2.24, 2.45) is 4.99 Å². The highest BCUT2D eigenvalue weighted by Crippen LogP contribution is 2.41. The van der Waals surface area contributed by atoms with Crippen molar-refractivity contribution in [2.45, 2.75) is 51.2 Å². The van der Waals surface area contributed by atoms with Crippen molar-refractivity contribution in [1.82, 2.24) is 20.1 Å². The third-order valence-electron chi connectivity index (χ3n) is 5.37. The molecular formula is C20H27N7OS. The van der Waals surface area contributed by atoms with Crippen molar-refractivity contribution < 1.29 is 4.79 Å². The van der Waals surface area contributed by atoms with Crippen molar-refractivity contribution in [3.8, 4) is 0 Å². The molecule has 2 atom stereocenters. The molecule has 2 aromatic rings. The summed E-state index contributed by atoms with van der Waals surface area (Å²) in [6.45, 7) is 2.83. The predicted molar refractivity (Wildman–Crippen MR) is 117 cm³/mol. The molecule has 29 heavy (non-hydrogen) atoms. The van der Waals surface area contributed by atoms with Gasteiger partial charge in [-0.1, -0.05) is 13.3 Å². The van der Waals surface area contributed by atoms with Crippen molar-refractivity contribution in [2.75, 3.05) is 24.2 Å². The Morgan fingerprint density at radius 2 is 2.31 bits per heavy atom. The summed E-state index contributed by atoms with van der Waals surface area (Å²) in [6, 6.07) is 0.205. The zero-order valence-corrected chi connectivity index (χ0v) is 17.6.